The molecule has 4 aromatic rings. The van der Waals surface area contributed by atoms with Crippen molar-refractivity contribution in [2.24, 2.45) is 4.99 Å². The van der Waals surface area contributed by atoms with E-state index in [2.05, 4.69) is 0 Å². The molecule has 3 aliphatic rings. The molecule has 7 rings (SSSR count). The molecule has 3 aliphatic heterocycles. The topological polar surface area (TPSA) is 82.7 Å². The largest absolute Gasteiger partial charge is 0.457 e. The number of fused-ring (bicyclic) bond motifs is 2. The van der Waals surface area contributed by atoms with Crippen LogP contribution in [0.15, 0.2) is 87.1 Å². The molecule has 1 aromatic heterocycles. The fourth-order valence-corrected chi connectivity index (χ4v) is 5.21. The molecule has 0 atom stereocenters. The first-order chi connectivity index (χ1) is 18.6. The van der Waals surface area contributed by atoms with Crippen molar-refractivity contribution in [2.75, 3.05) is 18.5 Å². The molecule has 0 bridgehead atoms. The number of carbonyl (C=O) groups excluding carboxylic acids is 1. The normalized spacial score (nSPS) is 17.7. The number of amidine groups is 1. The van der Waals surface area contributed by atoms with E-state index in [9.17, 15) is 9.18 Å². The SMILES string of the molecule is O=C1/C(=C\c2ccc(-c3ccccc3F)o2)SC(=Nc2ccc3c(c2)OCO3)N1c1ccc2c(c1)OCO2. The first kappa shape index (κ1) is 22.5. The van der Waals surface area contributed by atoms with Crippen molar-refractivity contribution in [2.45, 2.75) is 0 Å². The highest BCUT2D eigenvalue weighted by Gasteiger charge is 2.36. The van der Waals surface area contributed by atoms with Gasteiger partial charge in [-0.25, -0.2) is 9.38 Å². The van der Waals surface area contributed by atoms with Crippen LogP contribution in [0.3, 0.4) is 0 Å². The molecule has 0 saturated carbocycles. The average Bonchev–Trinajstić information content (AvgIpc) is 3.72. The molecule has 3 aromatic carbocycles. The van der Waals surface area contributed by atoms with Crippen LogP contribution < -0.4 is 23.8 Å². The molecular formula is C28H17FN2O6S. The summed E-state index contributed by atoms with van der Waals surface area (Å²) in [6.45, 7) is 0.268. The van der Waals surface area contributed by atoms with Crippen molar-refractivity contribution in [1.82, 2.24) is 0 Å². The molecule has 10 heteroatoms. The lowest BCUT2D eigenvalue weighted by molar-refractivity contribution is -0.113. The summed E-state index contributed by atoms with van der Waals surface area (Å²) in [5, 5.41) is 0.430. The van der Waals surface area contributed by atoms with Gasteiger partial charge in [0.15, 0.2) is 28.2 Å². The number of rotatable bonds is 4. The maximum Gasteiger partial charge on any atom is 0.271 e. The number of thioether (sulfide) groups is 1. The Hall–Kier alpha value is -4.70. The summed E-state index contributed by atoms with van der Waals surface area (Å²) < 4.78 is 41.9. The lowest BCUT2D eigenvalue weighted by Gasteiger charge is -2.16. The fraction of sp³-hybridized carbons (Fsp3) is 0.0714. The smallest absolute Gasteiger partial charge is 0.271 e. The van der Waals surface area contributed by atoms with E-state index in [1.54, 1.807) is 72.8 Å². The van der Waals surface area contributed by atoms with E-state index in [1.165, 1.54) is 22.7 Å². The van der Waals surface area contributed by atoms with Crippen LogP contribution >= 0.6 is 11.8 Å². The van der Waals surface area contributed by atoms with Gasteiger partial charge in [-0.05, 0) is 60.3 Å². The number of amides is 1. The number of carbonyl (C=O) groups is 1. The summed E-state index contributed by atoms with van der Waals surface area (Å²) in [5.41, 5.74) is 1.51. The van der Waals surface area contributed by atoms with Crippen LogP contribution in [-0.4, -0.2) is 24.7 Å². The van der Waals surface area contributed by atoms with E-state index in [1.807, 2.05) is 0 Å². The summed E-state index contributed by atoms with van der Waals surface area (Å²) in [6, 6.07) is 20.3. The van der Waals surface area contributed by atoms with Gasteiger partial charge in [0.1, 0.15) is 17.3 Å². The van der Waals surface area contributed by atoms with Crippen molar-refractivity contribution < 1.29 is 32.5 Å². The number of halogens is 1. The molecular weight excluding hydrogens is 511 g/mol. The van der Waals surface area contributed by atoms with Gasteiger partial charge in [0.05, 0.1) is 21.8 Å². The zero-order valence-electron chi connectivity index (χ0n) is 19.5. The van der Waals surface area contributed by atoms with E-state index in [0.29, 0.717) is 61.5 Å². The van der Waals surface area contributed by atoms with Gasteiger partial charge < -0.3 is 23.4 Å². The van der Waals surface area contributed by atoms with Gasteiger partial charge in [-0.1, -0.05) is 12.1 Å². The monoisotopic (exact) mass is 528 g/mol. The number of furan rings is 1. The first-order valence-electron chi connectivity index (χ1n) is 11.6. The maximum atomic E-state index is 14.2. The lowest BCUT2D eigenvalue weighted by Crippen LogP contribution is -2.28. The van der Waals surface area contributed by atoms with Gasteiger partial charge in [-0.2, -0.15) is 0 Å². The lowest BCUT2D eigenvalue weighted by atomic mass is 10.1. The van der Waals surface area contributed by atoms with Crippen molar-refractivity contribution in [3.8, 4) is 34.3 Å². The summed E-state index contributed by atoms with van der Waals surface area (Å²) in [4.78, 5) is 20.3. The molecule has 0 radical (unpaired) electrons. The van der Waals surface area contributed by atoms with Crippen molar-refractivity contribution in [3.63, 3.8) is 0 Å². The minimum absolute atomic E-state index is 0.119. The minimum Gasteiger partial charge on any atom is -0.457 e. The minimum atomic E-state index is -0.389. The summed E-state index contributed by atoms with van der Waals surface area (Å²) in [6.07, 6.45) is 1.62. The van der Waals surface area contributed by atoms with Crippen LogP contribution in [0.4, 0.5) is 15.8 Å². The average molecular weight is 529 g/mol. The first-order valence-corrected chi connectivity index (χ1v) is 12.4. The quantitative estimate of drug-likeness (QED) is 0.285. The highest BCUT2D eigenvalue weighted by Crippen LogP contribution is 2.43. The fourth-order valence-electron chi connectivity index (χ4n) is 4.23. The second kappa shape index (κ2) is 9.00. The summed E-state index contributed by atoms with van der Waals surface area (Å²) in [5.74, 6) is 2.47. The number of hydrogen-bond acceptors (Lipinski definition) is 8. The molecule has 1 saturated heterocycles. The van der Waals surface area contributed by atoms with E-state index in [0.717, 1.165) is 0 Å². The third-order valence-corrected chi connectivity index (χ3v) is 7.01. The molecule has 4 heterocycles. The summed E-state index contributed by atoms with van der Waals surface area (Å²) in [7, 11) is 0. The third-order valence-electron chi connectivity index (χ3n) is 6.04. The molecule has 0 aliphatic carbocycles. The van der Waals surface area contributed by atoms with Crippen LogP contribution in [0, 0.1) is 5.82 Å². The second-order valence-corrected chi connectivity index (χ2v) is 9.41. The number of aliphatic imine (C=N–C) groups is 1. The predicted molar refractivity (Wildman–Crippen MR) is 139 cm³/mol. The van der Waals surface area contributed by atoms with E-state index < -0.39 is 0 Å². The van der Waals surface area contributed by atoms with Crippen LogP contribution in [0.1, 0.15) is 5.76 Å². The Kier molecular flexibility index (Phi) is 5.33. The zero-order valence-corrected chi connectivity index (χ0v) is 20.4. The Morgan fingerprint density at radius 3 is 2.39 bits per heavy atom. The molecule has 0 spiro atoms. The Bertz CT molecular complexity index is 1660. The van der Waals surface area contributed by atoms with Crippen LogP contribution in [0.5, 0.6) is 23.0 Å². The molecule has 1 amide bonds. The number of ether oxygens (including phenoxy) is 4. The van der Waals surface area contributed by atoms with E-state index >= 15 is 0 Å². The Balaban J connectivity index is 1.27. The Labute approximate surface area is 219 Å². The van der Waals surface area contributed by atoms with Gasteiger partial charge in [-0.3, -0.25) is 9.69 Å². The third kappa shape index (κ3) is 3.95. The van der Waals surface area contributed by atoms with Gasteiger partial charge in [-0.15, -0.1) is 0 Å². The van der Waals surface area contributed by atoms with Crippen LogP contribution in [0.2, 0.25) is 0 Å². The molecule has 8 nitrogen and oxygen atoms in total. The predicted octanol–water partition coefficient (Wildman–Crippen LogP) is 6.35. The Morgan fingerprint density at radius 1 is 0.842 bits per heavy atom. The molecule has 38 heavy (non-hydrogen) atoms. The highest BCUT2D eigenvalue weighted by molar-refractivity contribution is 8.19. The van der Waals surface area contributed by atoms with E-state index in [-0.39, 0.29) is 25.3 Å². The van der Waals surface area contributed by atoms with Gasteiger partial charge >= 0.3 is 0 Å². The second-order valence-electron chi connectivity index (χ2n) is 8.40. The number of nitrogens with zero attached hydrogens (tertiary/aromatic N) is 2. The number of benzene rings is 3. The van der Waals surface area contributed by atoms with Gasteiger partial charge in [0.2, 0.25) is 13.6 Å². The van der Waals surface area contributed by atoms with Crippen molar-refractivity contribution >= 4 is 40.3 Å². The zero-order chi connectivity index (χ0) is 25.6. The maximum absolute atomic E-state index is 14.2. The standard InChI is InChI=1S/C28H17FN2O6S/c29-20-4-2-1-3-19(20)21-10-7-18(37-21)13-26-27(32)31(17-6-9-23-25(12-17)36-15-34-23)28(38-26)30-16-5-8-22-24(11-16)35-14-33-22/h1-13H,14-15H2/b26-13+,30-28?. The van der Waals surface area contributed by atoms with Gasteiger partial charge in [0.25, 0.3) is 5.91 Å². The molecule has 0 unspecified atom stereocenters. The van der Waals surface area contributed by atoms with Gasteiger partial charge in [0, 0.05) is 18.2 Å². The highest BCUT2D eigenvalue weighted by atomic mass is 32.2. The van der Waals surface area contributed by atoms with Crippen LogP contribution in [0.25, 0.3) is 17.4 Å². The Morgan fingerprint density at radius 2 is 1.58 bits per heavy atom. The summed E-state index contributed by atoms with van der Waals surface area (Å²) >= 11 is 1.20. The van der Waals surface area contributed by atoms with Crippen LogP contribution in [-0.2, 0) is 4.79 Å². The number of hydrogen-bond donors (Lipinski definition) is 0. The number of anilines is 1. The van der Waals surface area contributed by atoms with Crippen molar-refractivity contribution in [3.05, 3.63) is 89.3 Å². The molecule has 0 N–H and O–H groups in total. The molecule has 188 valence electrons. The van der Waals surface area contributed by atoms with E-state index in [4.69, 9.17) is 28.4 Å². The molecule has 1 fully saturated rings. The van der Waals surface area contributed by atoms with Crippen molar-refractivity contribution in [1.29, 1.82) is 0 Å².